The number of piperidine rings is 5. The van der Waals surface area contributed by atoms with Crippen LogP contribution in [0.25, 0.3) is 0 Å². The van der Waals surface area contributed by atoms with Gasteiger partial charge in [0.1, 0.15) is 34.6 Å². The lowest BCUT2D eigenvalue weighted by atomic mass is 9.80. The number of hydrogen-bond donors (Lipinski definition) is 1. The molecule has 0 bridgehead atoms. The summed E-state index contributed by atoms with van der Waals surface area (Å²) in [6.45, 7) is 21.5. The Bertz CT molecular complexity index is 2090. The number of benzene rings is 2. The number of ketones is 2. The van der Waals surface area contributed by atoms with Crippen molar-refractivity contribution in [3.05, 3.63) is 71.8 Å². The van der Waals surface area contributed by atoms with Crippen LogP contribution in [0.15, 0.2) is 70.9 Å². The van der Waals surface area contributed by atoms with Crippen LogP contribution in [0.4, 0.5) is 0 Å². The molecule has 6 saturated heterocycles. The number of carbonyl (C=O) groups is 4. The van der Waals surface area contributed by atoms with Crippen molar-refractivity contribution in [3.63, 3.8) is 0 Å². The normalized spacial score (nSPS) is 32.8. The molecule has 4 unspecified atom stereocenters. The molecule has 8 aliphatic rings. The van der Waals surface area contributed by atoms with E-state index in [1.54, 1.807) is 14.1 Å². The number of Topliss-reactive ketones (excluding diaryl/α,β-unsaturated/α-hetero) is 2. The molecule has 8 aliphatic heterocycles. The van der Waals surface area contributed by atoms with Crippen molar-refractivity contribution in [2.24, 2.45) is 38.3 Å². The van der Waals surface area contributed by atoms with Crippen LogP contribution >= 0.6 is 0 Å². The van der Waals surface area contributed by atoms with Crippen LogP contribution in [0.3, 0.4) is 0 Å². The van der Waals surface area contributed by atoms with Gasteiger partial charge in [-0.3, -0.25) is 19.2 Å². The summed E-state index contributed by atoms with van der Waals surface area (Å²) in [5, 5.41) is 14.7. The molecule has 2 amide bonds. The molecule has 15 heteroatoms. The number of carbonyl (C=O) groups excluding carboxylic acids is 4. The first-order valence-corrected chi connectivity index (χ1v) is 24.8. The third-order valence-corrected chi connectivity index (χ3v) is 15.1. The summed E-state index contributed by atoms with van der Waals surface area (Å²) >= 11 is 0. The second-order valence-corrected chi connectivity index (χ2v) is 21.6. The average molecular weight is 940 g/mol. The van der Waals surface area contributed by atoms with E-state index in [9.17, 15) is 19.2 Å². The van der Waals surface area contributed by atoms with Gasteiger partial charge in [0.25, 0.3) is 11.8 Å². The van der Waals surface area contributed by atoms with Crippen molar-refractivity contribution in [1.29, 1.82) is 0 Å². The SMILES string of the molecule is CC1CN(C)CCC12OC(c1ccccc1)C(c1ccccc1)O2.CC1CN(C)CCC1=O.CN1CCC(=O)C(C)(C)C1.CN1CCC2=NN(C)C(=O)[C@@]2(C)C1.CN1N=C2CCNC[C@]2(C)C1=O. The zero-order valence-electron chi connectivity index (χ0n) is 43.2. The molecule has 2 aromatic carbocycles. The van der Waals surface area contributed by atoms with Crippen LogP contribution in [0.2, 0.25) is 0 Å². The van der Waals surface area contributed by atoms with E-state index in [2.05, 4.69) is 112 Å². The Hall–Kier alpha value is -4.22. The zero-order valence-corrected chi connectivity index (χ0v) is 43.2. The van der Waals surface area contributed by atoms with Gasteiger partial charge in [0.2, 0.25) is 0 Å². The van der Waals surface area contributed by atoms with Gasteiger partial charge >= 0.3 is 0 Å². The van der Waals surface area contributed by atoms with Crippen LogP contribution in [0.5, 0.6) is 0 Å². The Labute approximate surface area is 406 Å². The summed E-state index contributed by atoms with van der Waals surface area (Å²) in [5.41, 5.74) is 3.66. The van der Waals surface area contributed by atoms with Gasteiger partial charge in [-0.1, -0.05) is 88.4 Å². The summed E-state index contributed by atoms with van der Waals surface area (Å²) in [6, 6.07) is 21.0. The lowest BCUT2D eigenvalue weighted by molar-refractivity contribution is -0.231. The number of ether oxygens (including phenoxy) is 2. The molecule has 0 aromatic heterocycles. The number of amides is 2. The molecule has 10 rings (SSSR count). The molecule has 1 N–H and O–H groups in total. The van der Waals surface area contributed by atoms with E-state index < -0.39 is 5.79 Å². The van der Waals surface area contributed by atoms with Crippen LogP contribution in [0, 0.1) is 28.1 Å². The minimum absolute atomic E-state index is 0.0561. The third kappa shape index (κ3) is 12.2. The lowest BCUT2D eigenvalue weighted by Crippen LogP contribution is -2.50. The van der Waals surface area contributed by atoms with Crippen molar-refractivity contribution in [1.82, 2.24) is 34.9 Å². The topological polar surface area (TPSA) is 143 Å². The van der Waals surface area contributed by atoms with Gasteiger partial charge < -0.3 is 34.4 Å². The van der Waals surface area contributed by atoms with Gasteiger partial charge in [-0.2, -0.15) is 10.2 Å². The van der Waals surface area contributed by atoms with Gasteiger partial charge in [0, 0.05) is 129 Å². The first kappa shape index (κ1) is 53.1. The van der Waals surface area contributed by atoms with Gasteiger partial charge in [0.05, 0.1) is 11.4 Å². The number of nitrogens with one attached hydrogen (secondary N) is 1. The Morgan fingerprint density at radius 1 is 0.588 bits per heavy atom. The van der Waals surface area contributed by atoms with Crippen molar-refractivity contribution < 1.29 is 28.7 Å². The predicted molar refractivity (Wildman–Crippen MR) is 268 cm³/mol. The molecular weight excluding hydrogens is 859 g/mol. The minimum atomic E-state index is -0.479. The molecule has 68 heavy (non-hydrogen) atoms. The van der Waals surface area contributed by atoms with Crippen molar-refractivity contribution in [2.75, 3.05) is 108 Å². The highest BCUT2D eigenvalue weighted by Crippen LogP contribution is 2.52. The van der Waals surface area contributed by atoms with Crippen LogP contribution in [0.1, 0.15) is 97.0 Å². The number of fused-ring (bicyclic) bond motifs is 2. The van der Waals surface area contributed by atoms with E-state index in [0.29, 0.717) is 17.5 Å². The predicted octanol–water partition coefficient (Wildman–Crippen LogP) is 5.60. The monoisotopic (exact) mass is 940 g/mol. The molecule has 1 spiro atoms. The third-order valence-electron chi connectivity index (χ3n) is 15.1. The van der Waals surface area contributed by atoms with Crippen LogP contribution in [-0.4, -0.2) is 178 Å². The van der Waals surface area contributed by atoms with Gasteiger partial charge in [0.15, 0.2) is 5.79 Å². The number of hydrazone groups is 2. The Morgan fingerprint density at radius 2 is 1.09 bits per heavy atom. The number of likely N-dealkylation sites (tertiary alicyclic amines) is 4. The van der Waals surface area contributed by atoms with Crippen molar-refractivity contribution >= 4 is 34.8 Å². The summed E-state index contributed by atoms with van der Waals surface area (Å²) in [7, 11) is 11.8. The number of hydrogen-bond acceptors (Lipinski definition) is 13. The van der Waals surface area contributed by atoms with E-state index >= 15 is 0 Å². The largest absolute Gasteiger partial charge is 0.338 e. The van der Waals surface area contributed by atoms with Gasteiger partial charge in [-0.15, -0.1) is 0 Å². The molecule has 2 aromatic rings. The fourth-order valence-electron chi connectivity index (χ4n) is 10.8. The number of rotatable bonds is 2. The Morgan fingerprint density at radius 3 is 1.59 bits per heavy atom. The lowest BCUT2D eigenvalue weighted by Gasteiger charge is -2.41. The Balaban J connectivity index is 0.000000149. The molecule has 0 saturated carbocycles. The molecular formula is C53H81N9O6. The smallest absolute Gasteiger partial charge is 0.255 e. The van der Waals surface area contributed by atoms with E-state index in [-0.39, 0.29) is 46.2 Å². The maximum absolute atomic E-state index is 11.8. The van der Waals surface area contributed by atoms with Crippen molar-refractivity contribution in [3.8, 4) is 0 Å². The fraction of sp³-hybridized carbons (Fsp3) is 0.660. The molecule has 15 nitrogen and oxygen atoms in total. The second kappa shape index (κ2) is 22.2. The molecule has 6 atom stereocenters. The quantitative estimate of drug-likeness (QED) is 0.403. The Kier molecular flexibility index (Phi) is 17.4. The highest BCUT2D eigenvalue weighted by Gasteiger charge is 2.53. The first-order valence-electron chi connectivity index (χ1n) is 24.8. The molecule has 0 radical (unpaired) electrons. The van der Waals surface area contributed by atoms with Crippen molar-refractivity contribution in [2.45, 2.75) is 91.6 Å². The number of nitrogens with zero attached hydrogens (tertiary/aromatic N) is 8. The van der Waals surface area contributed by atoms with Gasteiger partial charge in [-0.25, -0.2) is 10.0 Å². The van der Waals surface area contributed by atoms with Crippen LogP contribution < -0.4 is 5.32 Å². The van der Waals surface area contributed by atoms with Gasteiger partial charge in [-0.05, 0) is 53.2 Å². The van der Waals surface area contributed by atoms with Crippen LogP contribution in [-0.2, 0) is 28.7 Å². The maximum Gasteiger partial charge on any atom is 0.255 e. The summed E-state index contributed by atoms with van der Waals surface area (Å²) in [4.78, 5) is 54.5. The van der Waals surface area contributed by atoms with E-state index in [1.807, 2.05) is 53.8 Å². The fourth-order valence-corrected chi connectivity index (χ4v) is 10.8. The minimum Gasteiger partial charge on any atom is -0.338 e. The highest BCUT2D eigenvalue weighted by atomic mass is 16.8. The maximum atomic E-state index is 11.8. The van der Waals surface area contributed by atoms with E-state index in [4.69, 9.17) is 9.47 Å². The molecule has 6 fully saturated rings. The summed E-state index contributed by atoms with van der Waals surface area (Å²) < 4.78 is 13.3. The second-order valence-electron chi connectivity index (χ2n) is 21.6. The molecule has 374 valence electrons. The molecule has 8 heterocycles. The highest BCUT2D eigenvalue weighted by molar-refractivity contribution is 6.13. The molecule has 0 aliphatic carbocycles. The van der Waals surface area contributed by atoms with E-state index in [1.165, 1.54) is 21.1 Å². The van der Waals surface area contributed by atoms with E-state index in [0.717, 1.165) is 109 Å². The zero-order chi connectivity index (χ0) is 49.6. The first-order chi connectivity index (χ1) is 32.1. The summed E-state index contributed by atoms with van der Waals surface area (Å²) in [5.74, 6) is 1.21. The average Bonchev–Trinajstić information content (AvgIpc) is 3.89. The standard InChI is InChI=1S/C21H25NO2.C9H15N3O.C8H13N3O.C8H15NO.C7H13NO/c1-16-15-22(2)14-13-21(16)23-19(17-9-5-3-6-10-17)20(24-21)18-11-7-4-8-12-18;1-9-6-11(2)5-4-7(9)10-12(3)8(9)13;1-8-5-9-4-3-6(8)10-11(2)7(8)12;1-8(2)6-9(3)5-4-7(8)10;1-6-5-8(2)4-3-7(6)9/h3-12,16,19-20H,13-15H2,1-2H3;4-6H2,1-3H3;9H,3-5H2,1-2H3;4-6H2,1-3H3;6H,3-5H2,1-2H3/t;9-;8-;;/m.00../s1. The summed E-state index contributed by atoms with van der Waals surface area (Å²) in [6.07, 6.45) is 4.09.